The van der Waals surface area contributed by atoms with Gasteiger partial charge in [0.05, 0.1) is 6.26 Å². The van der Waals surface area contributed by atoms with Crippen molar-refractivity contribution in [2.45, 2.75) is 20.8 Å². The monoisotopic (exact) mass is 674 g/mol. The van der Waals surface area contributed by atoms with Crippen LogP contribution in [0.5, 0.6) is 0 Å². The van der Waals surface area contributed by atoms with Gasteiger partial charge in [0.1, 0.15) is 0 Å². The average Bonchev–Trinajstić information content (AvgIpc) is 2.92. The van der Waals surface area contributed by atoms with Crippen molar-refractivity contribution >= 4 is 39.6 Å². The molecule has 0 spiro atoms. The van der Waals surface area contributed by atoms with Crippen LogP contribution in [0.2, 0.25) is 0 Å². The molecule has 0 aliphatic heterocycles. The molecule has 3 N–H and O–H groups in total. The van der Waals surface area contributed by atoms with Crippen LogP contribution in [0.4, 0.5) is 5.69 Å². The number of aryl methyl sites for hydroxylation is 3. The summed E-state index contributed by atoms with van der Waals surface area (Å²) in [5.74, 6) is 0. The Balaban J connectivity index is 0.000000262. The van der Waals surface area contributed by atoms with E-state index in [-0.39, 0.29) is 20.4 Å². The van der Waals surface area contributed by atoms with E-state index < -0.39 is 18.0 Å². The van der Waals surface area contributed by atoms with Crippen LogP contribution in [-0.4, -0.2) is 19.2 Å². The Kier molecular flexibility index (Phi) is 13.6. The maximum atomic E-state index is 9.19. The maximum absolute atomic E-state index is 9.19. The smallest absolute Gasteiger partial charge is 0.261 e. The van der Waals surface area contributed by atoms with Crippen LogP contribution in [-0.2, 0) is 30.5 Å². The summed E-state index contributed by atoms with van der Waals surface area (Å²) in [4.78, 5) is 0. The van der Waals surface area contributed by atoms with E-state index in [9.17, 15) is 8.42 Å². The van der Waals surface area contributed by atoms with E-state index in [4.69, 9.17) is 10.3 Å². The SMILES string of the molecule is CS(=O)(=O)O.Cc1ccccc1P(c1ccccc1C)c1ccccc1C.Nc1ccccc1-c1[c-]cccc1.[Pd]. The molecule has 0 radical (unpaired) electrons. The van der Waals surface area contributed by atoms with Crippen molar-refractivity contribution in [3.05, 3.63) is 144 Å². The van der Waals surface area contributed by atoms with Crippen molar-refractivity contribution in [1.82, 2.24) is 0 Å². The number of hydrogen-bond acceptors (Lipinski definition) is 3. The Morgan fingerprint density at radius 2 is 1.00 bits per heavy atom. The van der Waals surface area contributed by atoms with Crippen LogP contribution in [0.15, 0.2) is 121 Å². The number of anilines is 1. The van der Waals surface area contributed by atoms with Crippen LogP contribution in [0.25, 0.3) is 11.1 Å². The van der Waals surface area contributed by atoms with Gasteiger partial charge < -0.3 is 5.73 Å². The van der Waals surface area contributed by atoms with Gasteiger partial charge >= 0.3 is 0 Å². The van der Waals surface area contributed by atoms with E-state index in [1.807, 2.05) is 48.5 Å². The minimum atomic E-state index is -3.67. The van der Waals surface area contributed by atoms with Gasteiger partial charge in [-0.15, -0.1) is 35.9 Å². The van der Waals surface area contributed by atoms with Crippen LogP contribution >= 0.6 is 7.92 Å². The van der Waals surface area contributed by atoms with Gasteiger partial charge in [0.15, 0.2) is 0 Å². The Morgan fingerprint density at radius 3 is 1.37 bits per heavy atom. The molecule has 0 aliphatic carbocycles. The van der Waals surface area contributed by atoms with Crippen LogP contribution in [0.1, 0.15) is 16.7 Å². The van der Waals surface area contributed by atoms with Crippen molar-refractivity contribution in [2.24, 2.45) is 0 Å². The topological polar surface area (TPSA) is 80.4 Å². The molecule has 4 nitrogen and oxygen atoms in total. The normalized spacial score (nSPS) is 10.4. The van der Waals surface area contributed by atoms with E-state index in [0.717, 1.165) is 16.8 Å². The molecular formula is C34H35NO3PPdS-. The number of rotatable bonds is 4. The second kappa shape index (κ2) is 16.4. The third-order valence-electron chi connectivity index (χ3n) is 6.03. The summed E-state index contributed by atoms with van der Waals surface area (Å²) in [6.45, 7) is 6.67. The van der Waals surface area contributed by atoms with Gasteiger partial charge in [-0.3, -0.25) is 4.55 Å². The summed E-state index contributed by atoms with van der Waals surface area (Å²) in [7, 11) is -4.18. The summed E-state index contributed by atoms with van der Waals surface area (Å²) in [5, 5.41) is 4.38. The Morgan fingerprint density at radius 1 is 0.634 bits per heavy atom. The van der Waals surface area contributed by atoms with Gasteiger partial charge in [-0.2, -0.15) is 8.42 Å². The van der Waals surface area contributed by atoms with Crippen molar-refractivity contribution < 1.29 is 33.4 Å². The number of benzene rings is 5. The Labute approximate surface area is 259 Å². The zero-order chi connectivity index (χ0) is 29.1. The van der Waals surface area contributed by atoms with Crippen molar-refractivity contribution in [2.75, 3.05) is 12.0 Å². The molecule has 5 rings (SSSR count). The minimum absolute atomic E-state index is 0. The van der Waals surface area contributed by atoms with Gasteiger partial charge in [0.25, 0.3) is 10.1 Å². The van der Waals surface area contributed by atoms with Crippen LogP contribution in [0, 0.1) is 26.8 Å². The molecule has 0 fully saturated rings. The van der Waals surface area contributed by atoms with Crippen LogP contribution in [0.3, 0.4) is 0 Å². The average molecular weight is 675 g/mol. The predicted octanol–water partition coefficient (Wildman–Crippen LogP) is 6.61. The molecule has 7 heteroatoms. The molecule has 0 bridgehead atoms. The van der Waals surface area contributed by atoms with Gasteiger partial charge in [-0.1, -0.05) is 96.6 Å². The zero-order valence-corrected chi connectivity index (χ0v) is 26.8. The molecule has 0 aliphatic rings. The minimum Gasteiger partial charge on any atom is -0.406 e. The fourth-order valence-electron chi connectivity index (χ4n) is 4.14. The third-order valence-corrected chi connectivity index (χ3v) is 8.98. The molecule has 0 aromatic heterocycles. The standard InChI is InChI=1S/C21H21P.C12H10N.CH4O3S.Pd/c1-16-10-4-7-13-19(16)22(20-14-8-5-11-17(20)2)21-15-9-6-12-18(21)3;13-12-9-5-4-8-11(12)10-6-2-1-3-7-10;1-5(2,3)4;/h4-15H,1-3H3;1-6,8-9H,13H2;1H3,(H,2,3,4);/q;-1;;. The van der Waals surface area contributed by atoms with E-state index in [1.54, 1.807) is 0 Å². The number of para-hydroxylation sites is 1. The van der Waals surface area contributed by atoms with Crippen molar-refractivity contribution in [3.63, 3.8) is 0 Å². The third kappa shape index (κ3) is 10.7. The fourth-order valence-corrected chi connectivity index (χ4v) is 6.90. The molecule has 5 aromatic carbocycles. The fraction of sp³-hybridized carbons (Fsp3) is 0.118. The summed E-state index contributed by atoms with van der Waals surface area (Å²) in [6.07, 6.45) is 0.715. The molecule has 0 saturated heterocycles. The second-order valence-corrected chi connectivity index (χ2v) is 12.9. The molecule has 0 amide bonds. The summed E-state index contributed by atoms with van der Waals surface area (Å²) in [5.41, 5.74) is 12.8. The summed E-state index contributed by atoms with van der Waals surface area (Å²) < 4.78 is 25.9. The first kappa shape index (κ1) is 34.1. The number of hydrogen-bond donors (Lipinski definition) is 2. The molecule has 216 valence electrons. The van der Waals surface area contributed by atoms with E-state index in [2.05, 4.69) is 99.6 Å². The first-order chi connectivity index (χ1) is 19.1. The first-order valence-electron chi connectivity index (χ1n) is 12.8. The molecule has 0 saturated carbocycles. The van der Waals surface area contributed by atoms with Gasteiger partial charge in [-0.25, -0.2) is 0 Å². The molecule has 5 aromatic rings. The largest absolute Gasteiger partial charge is 0.406 e. The van der Waals surface area contributed by atoms with Gasteiger partial charge in [-0.05, 0) is 73.1 Å². The summed E-state index contributed by atoms with van der Waals surface area (Å²) in [6, 6.07) is 45.2. The predicted molar refractivity (Wildman–Crippen MR) is 172 cm³/mol. The second-order valence-electron chi connectivity index (χ2n) is 9.29. The van der Waals surface area contributed by atoms with Gasteiger partial charge in [0.2, 0.25) is 0 Å². The van der Waals surface area contributed by atoms with Crippen LogP contribution < -0.4 is 21.6 Å². The zero-order valence-electron chi connectivity index (χ0n) is 23.6. The van der Waals surface area contributed by atoms with Crippen molar-refractivity contribution in [1.29, 1.82) is 0 Å². The molecule has 0 atom stereocenters. The van der Waals surface area contributed by atoms with Crippen molar-refractivity contribution in [3.8, 4) is 11.1 Å². The molecule has 0 heterocycles. The van der Waals surface area contributed by atoms with E-state index in [0.29, 0.717) is 6.26 Å². The Bertz CT molecular complexity index is 1530. The number of nitrogen functional groups attached to an aromatic ring is 1. The number of nitrogens with two attached hydrogens (primary N) is 1. The maximum Gasteiger partial charge on any atom is 0.261 e. The molecular weight excluding hydrogens is 640 g/mol. The molecule has 0 unspecified atom stereocenters. The Hall–Kier alpha value is -3.10. The molecule has 41 heavy (non-hydrogen) atoms. The van der Waals surface area contributed by atoms with E-state index in [1.165, 1.54) is 32.6 Å². The summed E-state index contributed by atoms with van der Waals surface area (Å²) >= 11 is 0. The first-order valence-corrected chi connectivity index (χ1v) is 16.0. The quantitative estimate of drug-likeness (QED) is 0.0740. The van der Waals surface area contributed by atoms with E-state index >= 15 is 0 Å². The van der Waals surface area contributed by atoms with Gasteiger partial charge in [0, 0.05) is 20.4 Å².